The highest BCUT2D eigenvalue weighted by Gasteiger charge is 2.23. The maximum absolute atomic E-state index is 12.4. The summed E-state index contributed by atoms with van der Waals surface area (Å²) in [7, 11) is 1.91. The van der Waals surface area contributed by atoms with Gasteiger partial charge in [-0.3, -0.25) is 4.79 Å². The van der Waals surface area contributed by atoms with Crippen LogP contribution < -0.4 is 4.90 Å². The lowest BCUT2D eigenvalue weighted by atomic mass is 9.95. The van der Waals surface area contributed by atoms with Crippen LogP contribution in [-0.2, 0) is 6.42 Å². The van der Waals surface area contributed by atoms with Crippen molar-refractivity contribution in [1.82, 2.24) is 0 Å². The molecule has 2 aromatic carbocycles. The van der Waals surface area contributed by atoms with Crippen molar-refractivity contribution in [3.63, 3.8) is 0 Å². The molecule has 94 valence electrons. The lowest BCUT2D eigenvalue weighted by molar-refractivity contribution is 0.0993. The van der Waals surface area contributed by atoms with E-state index in [4.69, 9.17) is 12.2 Å². The number of carbonyl (C=O) groups is 1. The molecular formula is C16H13NOS. The van der Waals surface area contributed by atoms with Crippen molar-refractivity contribution in [2.75, 3.05) is 11.9 Å². The zero-order chi connectivity index (χ0) is 13.4. The molecule has 0 unspecified atom stereocenters. The SMILES string of the molecule is CN1C(=S)c2ccccc2CC(=O)c2ccccc21. The molecule has 0 bridgehead atoms. The van der Waals surface area contributed by atoms with Crippen LogP contribution in [0.1, 0.15) is 21.5 Å². The first-order valence-electron chi connectivity index (χ1n) is 6.16. The minimum absolute atomic E-state index is 0.136. The smallest absolute Gasteiger partial charge is 0.169 e. The van der Waals surface area contributed by atoms with Gasteiger partial charge in [0.15, 0.2) is 5.78 Å². The van der Waals surface area contributed by atoms with E-state index < -0.39 is 0 Å². The van der Waals surface area contributed by atoms with Crippen molar-refractivity contribution >= 4 is 28.7 Å². The standard InChI is InChI=1S/C16H13NOS/c1-17-14-9-5-4-8-13(14)15(18)10-11-6-2-3-7-12(11)16(17)19/h2-9H,10H2,1H3. The van der Waals surface area contributed by atoms with Gasteiger partial charge in [0.2, 0.25) is 0 Å². The minimum atomic E-state index is 0.136. The number of carbonyl (C=O) groups excluding carboxylic acids is 1. The molecule has 1 aliphatic rings. The van der Waals surface area contributed by atoms with E-state index in [-0.39, 0.29) is 5.78 Å². The van der Waals surface area contributed by atoms with Gasteiger partial charge in [-0.25, -0.2) is 0 Å². The van der Waals surface area contributed by atoms with Gasteiger partial charge in [0, 0.05) is 24.6 Å². The van der Waals surface area contributed by atoms with Gasteiger partial charge in [-0.2, -0.15) is 0 Å². The number of para-hydroxylation sites is 1. The Kier molecular flexibility index (Phi) is 2.91. The average Bonchev–Trinajstić information content (AvgIpc) is 2.45. The molecule has 0 fully saturated rings. The minimum Gasteiger partial charge on any atom is -0.335 e. The quantitative estimate of drug-likeness (QED) is 0.683. The molecule has 0 amide bonds. The highest BCUT2D eigenvalue weighted by molar-refractivity contribution is 7.81. The molecule has 0 radical (unpaired) electrons. The molecule has 1 heterocycles. The third-order valence-corrected chi connectivity index (χ3v) is 3.96. The average molecular weight is 267 g/mol. The molecule has 0 aliphatic carbocycles. The Morgan fingerprint density at radius 3 is 2.42 bits per heavy atom. The van der Waals surface area contributed by atoms with Crippen molar-refractivity contribution in [3.8, 4) is 0 Å². The Morgan fingerprint density at radius 2 is 1.63 bits per heavy atom. The van der Waals surface area contributed by atoms with Gasteiger partial charge in [-0.15, -0.1) is 0 Å². The number of hydrogen-bond donors (Lipinski definition) is 0. The Hall–Kier alpha value is -2.00. The number of nitrogens with zero attached hydrogens (tertiary/aromatic N) is 1. The van der Waals surface area contributed by atoms with Crippen LogP contribution in [0.5, 0.6) is 0 Å². The van der Waals surface area contributed by atoms with Crippen molar-refractivity contribution in [1.29, 1.82) is 0 Å². The fraction of sp³-hybridized carbons (Fsp3) is 0.125. The normalized spacial score (nSPS) is 14.5. The van der Waals surface area contributed by atoms with Crippen LogP contribution in [0.25, 0.3) is 0 Å². The monoisotopic (exact) mass is 267 g/mol. The summed E-state index contributed by atoms with van der Waals surface area (Å²) in [6, 6.07) is 15.5. The summed E-state index contributed by atoms with van der Waals surface area (Å²) >= 11 is 5.56. The second-order valence-electron chi connectivity index (χ2n) is 4.64. The molecule has 2 nitrogen and oxygen atoms in total. The molecule has 2 aromatic rings. The summed E-state index contributed by atoms with van der Waals surface area (Å²) < 4.78 is 0. The zero-order valence-electron chi connectivity index (χ0n) is 10.6. The molecule has 0 aromatic heterocycles. The maximum atomic E-state index is 12.4. The van der Waals surface area contributed by atoms with Gasteiger partial charge in [0.25, 0.3) is 0 Å². The van der Waals surface area contributed by atoms with Gasteiger partial charge in [-0.05, 0) is 17.7 Å². The van der Waals surface area contributed by atoms with Crippen LogP contribution in [0, 0.1) is 0 Å². The summed E-state index contributed by atoms with van der Waals surface area (Å²) in [5.41, 5.74) is 3.59. The van der Waals surface area contributed by atoms with E-state index >= 15 is 0 Å². The van der Waals surface area contributed by atoms with E-state index in [1.54, 1.807) is 0 Å². The summed E-state index contributed by atoms with van der Waals surface area (Å²) in [6.07, 6.45) is 0.404. The van der Waals surface area contributed by atoms with Crippen LogP contribution in [0.2, 0.25) is 0 Å². The Bertz CT molecular complexity index is 678. The van der Waals surface area contributed by atoms with E-state index in [1.165, 1.54) is 0 Å². The molecule has 19 heavy (non-hydrogen) atoms. The number of rotatable bonds is 0. The van der Waals surface area contributed by atoms with Crippen LogP contribution in [0.15, 0.2) is 48.5 Å². The second-order valence-corrected chi connectivity index (χ2v) is 5.03. The molecular weight excluding hydrogens is 254 g/mol. The highest BCUT2D eigenvalue weighted by atomic mass is 32.1. The Morgan fingerprint density at radius 1 is 1.00 bits per heavy atom. The van der Waals surface area contributed by atoms with Crippen molar-refractivity contribution in [3.05, 3.63) is 65.2 Å². The predicted octanol–water partition coefficient (Wildman–Crippen LogP) is 3.24. The number of thiocarbonyl (C=S) groups is 1. The highest BCUT2D eigenvalue weighted by Crippen LogP contribution is 2.27. The molecule has 0 saturated carbocycles. The summed E-state index contributed by atoms with van der Waals surface area (Å²) in [4.78, 5) is 15.1. The topological polar surface area (TPSA) is 20.3 Å². The van der Waals surface area contributed by atoms with E-state index in [0.717, 1.165) is 27.4 Å². The largest absolute Gasteiger partial charge is 0.335 e. The van der Waals surface area contributed by atoms with Crippen molar-refractivity contribution < 1.29 is 4.79 Å². The fourth-order valence-electron chi connectivity index (χ4n) is 2.44. The molecule has 0 spiro atoms. The molecule has 1 aliphatic heterocycles. The summed E-state index contributed by atoms with van der Waals surface area (Å²) in [5.74, 6) is 0.136. The Balaban J connectivity index is 2.22. The number of benzene rings is 2. The molecule has 3 heteroatoms. The molecule has 3 rings (SSSR count). The van der Waals surface area contributed by atoms with Gasteiger partial charge < -0.3 is 4.90 Å². The predicted molar refractivity (Wildman–Crippen MR) is 81.0 cm³/mol. The first kappa shape index (κ1) is 12.1. The Labute approximate surface area is 117 Å². The van der Waals surface area contributed by atoms with Crippen LogP contribution in [-0.4, -0.2) is 17.8 Å². The molecule has 0 atom stereocenters. The van der Waals surface area contributed by atoms with Crippen LogP contribution in [0.3, 0.4) is 0 Å². The van der Waals surface area contributed by atoms with E-state index in [9.17, 15) is 4.79 Å². The zero-order valence-corrected chi connectivity index (χ0v) is 11.4. The van der Waals surface area contributed by atoms with Crippen molar-refractivity contribution in [2.24, 2.45) is 0 Å². The van der Waals surface area contributed by atoms with Gasteiger partial charge in [0.1, 0.15) is 4.99 Å². The van der Waals surface area contributed by atoms with Crippen molar-refractivity contribution in [2.45, 2.75) is 6.42 Å². The number of hydrogen-bond acceptors (Lipinski definition) is 2. The number of ketones is 1. The van der Waals surface area contributed by atoms with E-state index in [0.29, 0.717) is 6.42 Å². The third-order valence-electron chi connectivity index (χ3n) is 3.47. The van der Waals surface area contributed by atoms with Gasteiger partial charge in [0.05, 0.1) is 5.69 Å². The first-order chi connectivity index (χ1) is 9.18. The summed E-state index contributed by atoms with van der Waals surface area (Å²) in [6.45, 7) is 0. The van der Waals surface area contributed by atoms with Gasteiger partial charge >= 0.3 is 0 Å². The fourth-order valence-corrected chi connectivity index (χ4v) is 2.74. The number of anilines is 1. The maximum Gasteiger partial charge on any atom is 0.169 e. The third kappa shape index (κ3) is 1.96. The number of fused-ring (bicyclic) bond motifs is 2. The van der Waals surface area contributed by atoms with Crippen LogP contribution in [0.4, 0.5) is 5.69 Å². The lowest BCUT2D eigenvalue weighted by Gasteiger charge is -2.26. The number of Topliss-reactive ketones (excluding diaryl/α,β-unsaturated/α-hetero) is 1. The van der Waals surface area contributed by atoms with E-state index in [2.05, 4.69) is 0 Å². The van der Waals surface area contributed by atoms with Crippen LogP contribution >= 0.6 is 12.2 Å². The summed E-state index contributed by atoms with van der Waals surface area (Å²) in [5, 5.41) is 0. The molecule has 0 saturated heterocycles. The van der Waals surface area contributed by atoms with Gasteiger partial charge in [-0.1, -0.05) is 48.6 Å². The molecule has 0 N–H and O–H groups in total. The first-order valence-corrected chi connectivity index (χ1v) is 6.57. The van der Waals surface area contributed by atoms with E-state index in [1.807, 2.05) is 60.5 Å². The second kappa shape index (κ2) is 4.59. The lowest BCUT2D eigenvalue weighted by Crippen LogP contribution is -2.30.